The summed E-state index contributed by atoms with van der Waals surface area (Å²) in [7, 11) is -3.67. The normalized spacial score (nSPS) is 14.7. The second kappa shape index (κ2) is 11.2. The monoisotopic (exact) mass is 517 g/mol. The van der Waals surface area contributed by atoms with Gasteiger partial charge in [-0.05, 0) is 55.5 Å². The van der Waals surface area contributed by atoms with Gasteiger partial charge in [-0.2, -0.15) is 4.31 Å². The number of halogens is 1. The molecule has 4 rings (SSSR count). The van der Waals surface area contributed by atoms with Gasteiger partial charge in [-0.25, -0.2) is 8.42 Å². The quantitative estimate of drug-likeness (QED) is 0.406. The first kappa shape index (κ1) is 25.2. The number of carbonyl (C=O) groups is 2. The molecular formula is C25H28ClN3O5S. The number of anilines is 1. The molecule has 35 heavy (non-hydrogen) atoms. The molecule has 0 atom stereocenters. The molecule has 0 aliphatic carbocycles. The summed E-state index contributed by atoms with van der Waals surface area (Å²) in [6.45, 7) is 0.469. The minimum Gasteiger partial charge on any atom is -0.456 e. The highest BCUT2D eigenvalue weighted by molar-refractivity contribution is 7.89. The highest BCUT2D eigenvalue weighted by Gasteiger charge is 2.26. The van der Waals surface area contributed by atoms with Crippen LogP contribution in [0.4, 0.5) is 5.69 Å². The summed E-state index contributed by atoms with van der Waals surface area (Å²) < 4.78 is 32.4. The first-order valence-corrected chi connectivity index (χ1v) is 13.5. The number of nitrogens with zero attached hydrogens (tertiary/aromatic N) is 1. The lowest BCUT2D eigenvalue weighted by molar-refractivity contribution is -0.147. The number of amides is 1. The van der Waals surface area contributed by atoms with Crippen molar-refractivity contribution in [3.63, 3.8) is 0 Å². The molecule has 10 heteroatoms. The number of para-hydroxylation sites is 1. The number of aromatic nitrogens is 1. The van der Waals surface area contributed by atoms with Gasteiger partial charge in [0.25, 0.3) is 5.91 Å². The molecule has 1 fully saturated rings. The minimum atomic E-state index is -3.67. The van der Waals surface area contributed by atoms with Crippen LogP contribution >= 0.6 is 11.6 Å². The van der Waals surface area contributed by atoms with E-state index < -0.39 is 28.5 Å². The van der Waals surface area contributed by atoms with Crippen LogP contribution in [0.25, 0.3) is 10.9 Å². The number of nitrogens with one attached hydrogen (secondary N) is 2. The van der Waals surface area contributed by atoms with Crippen molar-refractivity contribution in [1.82, 2.24) is 9.29 Å². The predicted octanol–water partition coefficient (Wildman–Crippen LogP) is 4.50. The third-order valence-electron chi connectivity index (χ3n) is 6.03. The third-order valence-corrected chi connectivity index (χ3v) is 8.26. The first-order valence-electron chi connectivity index (χ1n) is 11.6. The van der Waals surface area contributed by atoms with E-state index in [1.54, 1.807) is 0 Å². The lowest BCUT2D eigenvalue weighted by Crippen LogP contribution is -2.35. The van der Waals surface area contributed by atoms with Crippen LogP contribution in [0.5, 0.6) is 0 Å². The van der Waals surface area contributed by atoms with Crippen molar-refractivity contribution in [2.24, 2.45) is 0 Å². The SMILES string of the molecule is O=C(COC(=O)CCCc1c[nH]c2ccccc12)Nc1cc(S(=O)(=O)N2CCCCC2)ccc1Cl. The second-order valence-electron chi connectivity index (χ2n) is 8.53. The Labute approximate surface area is 209 Å². The smallest absolute Gasteiger partial charge is 0.306 e. The number of esters is 1. The molecule has 0 spiro atoms. The van der Waals surface area contributed by atoms with Crippen molar-refractivity contribution in [2.75, 3.05) is 25.0 Å². The number of hydrogen-bond acceptors (Lipinski definition) is 5. The van der Waals surface area contributed by atoms with Crippen molar-refractivity contribution in [3.8, 4) is 0 Å². The predicted molar refractivity (Wildman–Crippen MR) is 135 cm³/mol. The number of ether oxygens (including phenoxy) is 1. The van der Waals surface area contributed by atoms with Gasteiger partial charge in [0.1, 0.15) is 0 Å². The number of aryl methyl sites for hydroxylation is 1. The molecule has 1 aliphatic heterocycles. The summed E-state index contributed by atoms with van der Waals surface area (Å²) in [6.07, 6.45) is 6.07. The van der Waals surface area contributed by atoms with Crippen LogP contribution in [0, 0.1) is 0 Å². The van der Waals surface area contributed by atoms with Gasteiger partial charge < -0.3 is 15.0 Å². The number of piperidine rings is 1. The van der Waals surface area contributed by atoms with Gasteiger partial charge >= 0.3 is 5.97 Å². The molecule has 1 amide bonds. The standard InChI is InChI=1S/C25H28ClN3O5S/c26-21-12-11-19(35(32,33)29-13-4-1-5-14-29)15-23(21)28-24(30)17-34-25(31)10-6-7-18-16-27-22-9-3-2-8-20(18)22/h2-3,8-9,11-12,15-16,27H,1,4-7,10,13-14,17H2,(H,28,30). The molecule has 2 aromatic carbocycles. The maximum Gasteiger partial charge on any atom is 0.306 e. The number of rotatable bonds is 9. The van der Waals surface area contributed by atoms with Crippen LogP contribution in [0.3, 0.4) is 0 Å². The van der Waals surface area contributed by atoms with Gasteiger partial charge in [0.05, 0.1) is 15.6 Å². The fourth-order valence-electron chi connectivity index (χ4n) is 4.18. The third kappa shape index (κ3) is 6.22. The summed E-state index contributed by atoms with van der Waals surface area (Å²) in [5, 5.41) is 3.87. The Bertz CT molecular complexity index is 1320. The Balaban J connectivity index is 1.27. The number of sulfonamides is 1. The Hall–Kier alpha value is -2.88. The van der Waals surface area contributed by atoms with Gasteiger partial charge in [0.2, 0.25) is 10.0 Å². The van der Waals surface area contributed by atoms with E-state index in [2.05, 4.69) is 10.3 Å². The molecule has 2 heterocycles. The van der Waals surface area contributed by atoms with Crippen LogP contribution in [-0.4, -0.2) is 49.3 Å². The topological polar surface area (TPSA) is 109 Å². The average molecular weight is 518 g/mol. The zero-order valence-electron chi connectivity index (χ0n) is 19.3. The molecule has 1 aromatic heterocycles. The molecule has 0 unspecified atom stereocenters. The highest BCUT2D eigenvalue weighted by Crippen LogP contribution is 2.28. The number of H-pyrrole nitrogens is 1. The Kier molecular flexibility index (Phi) is 8.10. The van der Waals surface area contributed by atoms with Crippen molar-refractivity contribution in [3.05, 3.63) is 59.2 Å². The molecule has 186 valence electrons. The summed E-state index contributed by atoms with van der Waals surface area (Å²) in [5.41, 5.74) is 2.33. The molecule has 1 saturated heterocycles. The van der Waals surface area contributed by atoms with Crippen molar-refractivity contribution in [2.45, 2.75) is 43.4 Å². The number of carbonyl (C=O) groups excluding carboxylic acids is 2. The molecule has 8 nitrogen and oxygen atoms in total. The van der Waals surface area contributed by atoms with Crippen molar-refractivity contribution in [1.29, 1.82) is 0 Å². The van der Waals surface area contributed by atoms with E-state index in [0.717, 1.165) is 35.7 Å². The minimum absolute atomic E-state index is 0.0633. The van der Waals surface area contributed by atoms with Crippen LogP contribution in [0.1, 0.15) is 37.7 Å². The number of hydrogen-bond donors (Lipinski definition) is 2. The molecule has 0 bridgehead atoms. The average Bonchev–Trinajstić information content (AvgIpc) is 3.27. The first-order chi connectivity index (χ1) is 16.8. The van der Waals surface area contributed by atoms with Crippen LogP contribution in [0.15, 0.2) is 53.6 Å². The number of benzene rings is 2. The van der Waals surface area contributed by atoms with E-state index in [-0.39, 0.29) is 22.0 Å². The summed E-state index contributed by atoms with van der Waals surface area (Å²) in [5.74, 6) is -1.07. The summed E-state index contributed by atoms with van der Waals surface area (Å²) in [4.78, 5) is 27.7. The van der Waals surface area contributed by atoms with Crippen molar-refractivity contribution >= 4 is 50.1 Å². The fourth-order valence-corrected chi connectivity index (χ4v) is 5.89. The van der Waals surface area contributed by atoms with Gasteiger partial charge in [-0.1, -0.05) is 36.2 Å². The fraction of sp³-hybridized carbons (Fsp3) is 0.360. The molecule has 1 aliphatic rings. The second-order valence-corrected chi connectivity index (χ2v) is 10.9. The van der Waals surface area contributed by atoms with Gasteiger partial charge in [-0.15, -0.1) is 0 Å². The molecule has 0 radical (unpaired) electrons. The number of fused-ring (bicyclic) bond motifs is 1. The number of aromatic amines is 1. The van der Waals surface area contributed by atoms with Crippen LogP contribution < -0.4 is 5.32 Å². The Morgan fingerprint density at radius 3 is 2.66 bits per heavy atom. The molecule has 2 N–H and O–H groups in total. The molecular weight excluding hydrogens is 490 g/mol. The van der Waals surface area contributed by atoms with E-state index in [0.29, 0.717) is 25.9 Å². The highest BCUT2D eigenvalue weighted by atomic mass is 35.5. The van der Waals surface area contributed by atoms with Crippen LogP contribution in [-0.2, 0) is 30.8 Å². The maximum absolute atomic E-state index is 12.9. The van der Waals surface area contributed by atoms with E-state index >= 15 is 0 Å². The van der Waals surface area contributed by atoms with E-state index in [4.69, 9.17) is 16.3 Å². The lowest BCUT2D eigenvalue weighted by Gasteiger charge is -2.26. The van der Waals surface area contributed by atoms with Gasteiger partial charge in [0.15, 0.2) is 6.61 Å². The van der Waals surface area contributed by atoms with Crippen LogP contribution in [0.2, 0.25) is 5.02 Å². The van der Waals surface area contributed by atoms with E-state index in [9.17, 15) is 18.0 Å². The molecule has 0 saturated carbocycles. The Morgan fingerprint density at radius 1 is 1.09 bits per heavy atom. The van der Waals surface area contributed by atoms with Crippen molar-refractivity contribution < 1.29 is 22.7 Å². The van der Waals surface area contributed by atoms with E-state index in [1.165, 1.54) is 22.5 Å². The van der Waals surface area contributed by atoms with E-state index in [1.807, 2.05) is 30.5 Å². The Morgan fingerprint density at radius 2 is 1.86 bits per heavy atom. The van der Waals surface area contributed by atoms with Gasteiger partial charge in [0, 0.05) is 36.6 Å². The maximum atomic E-state index is 12.9. The zero-order valence-corrected chi connectivity index (χ0v) is 20.8. The summed E-state index contributed by atoms with van der Waals surface area (Å²) in [6, 6.07) is 12.2. The lowest BCUT2D eigenvalue weighted by atomic mass is 10.1. The largest absolute Gasteiger partial charge is 0.456 e. The zero-order chi connectivity index (χ0) is 24.8. The molecule has 3 aromatic rings. The summed E-state index contributed by atoms with van der Waals surface area (Å²) >= 11 is 6.16. The van der Waals surface area contributed by atoms with Gasteiger partial charge in [-0.3, -0.25) is 9.59 Å².